The number of rotatable bonds is 5. The van der Waals surface area contributed by atoms with Gasteiger partial charge in [-0.15, -0.1) is 0 Å². The second-order valence-electron chi connectivity index (χ2n) is 8.27. The molecule has 0 unspecified atom stereocenters. The molecule has 9 heteroatoms. The summed E-state index contributed by atoms with van der Waals surface area (Å²) in [5.41, 5.74) is 1.44. The van der Waals surface area contributed by atoms with Crippen molar-refractivity contribution < 1.29 is 24.0 Å². The van der Waals surface area contributed by atoms with Gasteiger partial charge in [-0.3, -0.25) is 19.8 Å². The first kappa shape index (κ1) is 21.6. The van der Waals surface area contributed by atoms with Crippen LogP contribution in [0.5, 0.6) is 5.75 Å². The fraction of sp³-hybridized carbons (Fsp3) is 0.391. The lowest BCUT2D eigenvalue weighted by atomic mass is 9.90. The molecular formula is C23H25N3O6. The number of aryl methyl sites for hydroxylation is 1. The maximum Gasteiger partial charge on any atom is 0.410 e. The molecule has 1 spiro atoms. The average Bonchev–Trinajstić information content (AvgIpc) is 3.08. The Kier molecular flexibility index (Phi) is 5.73. The zero-order chi connectivity index (χ0) is 22.9. The first-order valence-corrected chi connectivity index (χ1v) is 10.5. The maximum absolute atomic E-state index is 12.9. The Bertz CT molecular complexity index is 1060. The predicted octanol–water partition coefficient (Wildman–Crippen LogP) is 3.54. The molecular weight excluding hydrogens is 414 g/mol. The van der Waals surface area contributed by atoms with Crippen molar-refractivity contribution in [3.8, 4) is 5.75 Å². The Morgan fingerprint density at radius 2 is 1.94 bits per heavy atom. The molecule has 2 saturated heterocycles. The number of nitro groups is 1. The minimum absolute atomic E-state index is 0.0135. The first-order chi connectivity index (χ1) is 15.3. The number of benzene rings is 2. The Morgan fingerprint density at radius 1 is 1.22 bits per heavy atom. The molecule has 4 rings (SSSR count). The molecule has 2 aromatic rings. The Hall–Kier alpha value is -3.62. The van der Waals surface area contributed by atoms with Crippen LogP contribution >= 0.6 is 0 Å². The normalized spacial score (nSPS) is 17.4. The van der Waals surface area contributed by atoms with Crippen molar-refractivity contribution in [3.63, 3.8) is 0 Å². The van der Waals surface area contributed by atoms with E-state index >= 15 is 0 Å². The molecule has 2 amide bonds. The summed E-state index contributed by atoms with van der Waals surface area (Å²) in [4.78, 5) is 39.5. The highest BCUT2D eigenvalue weighted by Gasteiger charge is 2.47. The second-order valence-corrected chi connectivity index (χ2v) is 8.27. The lowest BCUT2D eigenvalue weighted by molar-refractivity contribution is -0.384. The number of carbonyl (C=O) groups excluding carboxylic acids is 2. The molecule has 0 aromatic heterocycles. The van der Waals surface area contributed by atoms with Crippen molar-refractivity contribution >= 4 is 17.7 Å². The first-order valence-electron chi connectivity index (χ1n) is 10.5. The smallest absolute Gasteiger partial charge is 0.410 e. The van der Waals surface area contributed by atoms with Gasteiger partial charge in [0.05, 0.1) is 25.1 Å². The third-order valence-electron chi connectivity index (χ3n) is 6.21. The summed E-state index contributed by atoms with van der Waals surface area (Å²) in [6.45, 7) is 3.42. The Morgan fingerprint density at radius 3 is 2.59 bits per heavy atom. The van der Waals surface area contributed by atoms with Gasteiger partial charge in [-0.1, -0.05) is 18.2 Å². The standard InChI is InChI=1S/C23H25N3O6/c1-16-5-3-4-6-19(16)21(27)24-11-9-23(10-12-24)15-25(22(28)32-23)14-17-13-18(26(29)30)7-8-20(17)31-2/h3-8,13H,9-12,14-15H2,1-2H3. The highest BCUT2D eigenvalue weighted by atomic mass is 16.6. The molecule has 2 aromatic carbocycles. The molecule has 32 heavy (non-hydrogen) atoms. The number of methoxy groups -OCH3 is 1. The van der Waals surface area contributed by atoms with E-state index in [1.165, 1.54) is 25.3 Å². The van der Waals surface area contributed by atoms with E-state index in [0.29, 0.717) is 49.4 Å². The van der Waals surface area contributed by atoms with Gasteiger partial charge in [0.15, 0.2) is 0 Å². The fourth-order valence-electron chi connectivity index (χ4n) is 4.38. The van der Waals surface area contributed by atoms with Crippen LogP contribution in [0.3, 0.4) is 0 Å². The SMILES string of the molecule is COc1ccc([N+](=O)[O-])cc1CN1CC2(CCN(C(=O)c3ccccc3C)CC2)OC1=O. The molecule has 9 nitrogen and oxygen atoms in total. The Balaban J connectivity index is 1.43. The zero-order valence-corrected chi connectivity index (χ0v) is 18.1. The Labute approximate surface area is 185 Å². The van der Waals surface area contributed by atoms with E-state index in [4.69, 9.17) is 9.47 Å². The number of amides is 2. The van der Waals surface area contributed by atoms with E-state index in [-0.39, 0.29) is 18.1 Å². The van der Waals surface area contributed by atoms with E-state index in [0.717, 1.165) is 5.56 Å². The van der Waals surface area contributed by atoms with Crippen molar-refractivity contribution in [2.24, 2.45) is 0 Å². The van der Waals surface area contributed by atoms with Crippen molar-refractivity contribution in [2.75, 3.05) is 26.7 Å². The number of hydrogen-bond acceptors (Lipinski definition) is 6. The van der Waals surface area contributed by atoms with E-state index in [1.807, 2.05) is 31.2 Å². The maximum atomic E-state index is 12.9. The molecule has 2 aliphatic rings. The zero-order valence-electron chi connectivity index (χ0n) is 18.1. The topological polar surface area (TPSA) is 102 Å². The number of carbonyl (C=O) groups is 2. The van der Waals surface area contributed by atoms with Crippen LogP contribution in [0.1, 0.15) is 34.3 Å². The largest absolute Gasteiger partial charge is 0.496 e. The van der Waals surface area contributed by atoms with E-state index in [2.05, 4.69) is 0 Å². The third kappa shape index (κ3) is 4.10. The minimum Gasteiger partial charge on any atom is -0.496 e. The second kappa shape index (κ2) is 8.49. The summed E-state index contributed by atoms with van der Waals surface area (Å²) >= 11 is 0. The molecule has 2 fully saturated rings. The van der Waals surface area contributed by atoms with Gasteiger partial charge in [-0.25, -0.2) is 4.79 Å². The summed E-state index contributed by atoms with van der Waals surface area (Å²) in [7, 11) is 1.48. The number of likely N-dealkylation sites (tertiary alicyclic amines) is 1. The van der Waals surface area contributed by atoms with Gasteiger partial charge in [0.2, 0.25) is 0 Å². The van der Waals surface area contributed by atoms with Gasteiger partial charge >= 0.3 is 6.09 Å². The van der Waals surface area contributed by atoms with Crippen LogP contribution in [0, 0.1) is 17.0 Å². The molecule has 0 atom stereocenters. The van der Waals surface area contributed by atoms with Crippen LogP contribution in [-0.2, 0) is 11.3 Å². The van der Waals surface area contributed by atoms with Gasteiger partial charge in [0, 0.05) is 49.2 Å². The summed E-state index contributed by atoms with van der Waals surface area (Å²) in [5.74, 6) is 0.462. The van der Waals surface area contributed by atoms with Gasteiger partial charge in [-0.05, 0) is 24.6 Å². The van der Waals surface area contributed by atoms with E-state index in [9.17, 15) is 19.7 Å². The third-order valence-corrected chi connectivity index (χ3v) is 6.21. The van der Waals surface area contributed by atoms with Crippen LogP contribution in [0.15, 0.2) is 42.5 Å². The van der Waals surface area contributed by atoms with Gasteiger partial charge in [-0.2, -0.15) is 0 Å². The minimum atomic E-state index is -0.659. The average molecular weight is 439 g/mol. The van der Waals surface area contributed by atoms with Gasteiger partial charge < -0.3 is 14.4 Å². The molecule has 2 aliphatic heterocycles. The lowest BCUT2D eigenvalue weighted by Gasteiger charge is -2.37. The van der Waals surface area contributed by atoms with Crippen LogP contribution in [0.2, 0.25) is 0 Å². The van der Waals surface area contributed by atoms with Gasteiger partial charge in [0.1, 0.15) is 11.4 Å². The summed E-state index contributed by atoms with van der Waals surface area (Å²) in [6, 6.07) is 11.8. The van der Waals surface area contributed by atoms with Crippen molar-refractivity contribution in [1.82, 2.24) is 9.80 Å². The monoisotopic (exact) mass is 439 g/mol. The van der Waals surface area contributed by atoms with Gasteiger partial charge in [0.25, 0.3) is 11.6 Å². The van der Waals surface area contributed by atoms with Crippen molar-refractivity contribution in [3.05, 3.63) is 69.3 Å². The summed E-state index contributed by atoms with van der Waals surface area (Å²) in [5, 5.41) is 11.1. The lowest BCUT2D eigenvalue weighted by Crippen LogP contribution is -2.48. The summed E-state index contributed by atoms with van der Waals surface area (Å²) in [6.07, 6.45) is 0.620. The fourth-order valence-corrected chi connectivity index (χ4v) is 4.38. The molecule has 0 radical (unpaired) electrons. The van der Waals surface area contributed by atoms with Crippen LogP contribution in [0.4, 0.5) is 10.5 Å². The molecule has 0 aliphatic carbocycles. The van der Waals surface area contributed by atoms with Crippen molar-refractivity contribution in [2.45, 2.75) is 31.9 Å². The number of hydrogen-bond donors (Lipinski definition) is 0. The molecule has 2 heterocycles. The van der Waals surface area contributed by atoms with E-state index < -0.39 is 16.6 Å². The number of ether oxygens (including phenoxy) is 2. The quantitative estimate of drug-likeness (QED) is 0.522. The molecule has 0 saturated carbocycles. The predicted molar refractivity (Wildman–Crippen MR) is 116 cm³/mol. The van der Waals surface area contributed by atoms with Crippen LogP contribution in [0.25, 0.3) is 0 Å². The number of nitrogens with zero attached hydrogens (tertiary/aromatic N) is 3. The highest BCUT2D eigenvalue weighted by Crippen LogP contribution is 2.36. The van der Waals surface area contributed by atoms with Crippen LogP contribution < -0.4 is 4.74 Å². The summed E-state index contributed by atoms with van der Waals surface area (Å²) < 4.78 is 11.1. The van der Waals surface area contributed by atoms with Crippen molar-refractivity contribution in [1.29, 1.82) is 0 Å². The highest BCUT2D eigenvalue weighted by molar-refractivity contribution is 5.95. The number of nitro benzene ring substituents is 1. The molecule has 168 valence electrons. The van der Waals surface area contributed by atoms with Crippen LogP contribution in [-0.4, -0.2) is 59.1 Å². The molecule has 0 N–H and O–H groups in total. The molecule has 0 bridgehead atoms. The van der Waals surface area contributed by atoms with E-state index in [1.54, 1.807) is 9.80 Å². The number of piperidine rings is 1. The number of non-ortho nitro benzene ring substituents is 1.